The van der Waals surface area contributed by atoms with Crippen molar-refractivity contribution in [2.75, 3.05) is 18.1 Å². The molecule has 2 aromatic heterocycles. The van der Waals surface area contributed by atoms with Gasteiger partial charge in [0.25, 0.3) is 5.91 Å². The third-order valence-corrected chi connectivity index (χ3v) is 8.40. The molecule has 14 heteroatoms. The number of aliphatic hydroxyl groups is 1. The van der Waals surface area contributed by atoms with Crippen molar-refractivity contribution in [1.29, 1.82) is 0 Å². The number of aromatic amines is 1. The van der Waals surface area contributed by atoms with Gasteiger partial charge in [0.05, 0.1) is 35.4 Å². The number of alkyl halides is 1. The lowest BCUT2D eigenvalue weighted by Gasteiger charge is -2.24. The second-order valence-corrected chi connectivity index (χ2v) is 11.6. The molecule has 1 saturated heterocycles. The van der Waals surface area contributed by atoms with Gasteiger partial charge in [-0.15, -0.1) is 0 Å². The summed E-state index contributed by atoms with van der Waals surface area (Å²) in [5.41, 5.74) is -0.137. The molecular weight excluding hydrogens is 501 g/mol. The van der Waals surface area contributed by atoms with Crippen molar-refractivity contribution in [2.24, 2.45) is 0 Å². The highest BCUT2D eigenvalue weighted by molar-refractivity contribution is 7.91. The van der Waals surface area contributed by atoms with Crippen LogP contribution in [-0.2, 0) is 9.84 Å². The van der Waals surface area contributed by atoms with E-state index in [-0.39, 0.29) is 53.9 Å². The molecule has 1 amide bonds. The van der Waals surface area contributed by atoms with E-state index in [4.69, 9.17) is 0 Å². The van der Waals surface area contributed by atoms with E-state index in [9.17, 15) is 31.5 Å². The number of sulfone groups is 1. The molecule has 0 radical (unpaired) electrons. The maximum absolute atomic E-state index is 14.5. The molecule has 2 aliphatic rings. The molecule has 36 heavy (non-hydrogen) atoms. The molecule has 0 spiro atoms. The minimum absolute atomic E-state index is 0.0500. The predicted molar refractivity (Wildman–Crippen MR) is 123 cm³/mol. The van der Waals surface area contributed by atoms with Crippen LogP contribution in [0, 0.1) is 11.6 Å². The highest BCUT2D eigenvalue weighted by Crippen LogP contribution is 2.37. The van der Waals surface area contributed by atoms with Crippen molar-refractivity contribution >= 4 is 32.6 Å². The monoisotopic (exact) mass is 524 g/mol. The molecule has 1 aliphatic carbocycles. The lowest BCUT2D eigenvalue weighted by atomic mass is 10.0. The summed E-state index contributed by atoms with van der Waals surface area (Å²) in [5, 5.41) is 19.5. The fourth-order valence-electron chi connectivity index (χ4n) is 4.98. The number of rotatable bonds is 5. The molecule has 1 aromatic carbocycles. The van der Waals surface area contributed by atoms with Gasteiger partial charge in [0.1, 0.15) is 39.8 Å². The number of H-pyrrole nitrogens is 1. The van der Waals surface area contributed by atoms with Crippen LogP contribution in [-0.4, -0.2) is 80.9 Å². The Morgan fingerprint density at radius 2 is 2.00 bits per heavy atom. The van der Waals surface area contributed by atoms with Gasteiger partial charge in [-0.2, -0.15) is 5.10 Å². The van der Waals surface area contributed by atoms with E-state index in [1.165, 1.54) is 6.33 Å². The number of likely N-dealkylation sites (tertiary alicyclic amines) is 1. The first-order valence-corrected chi connectivity index (χ1v) is 13.2. The van der Waals surface area contributed by atoms with Crippen LogP contribution in [0.1, 0.15) is 41.4 Å². The van der Waals surface area contributed by atoms with Crippen LogP contribution in [0.4, 0.5) is 19.0 Å². The molecule has 10 nitrogen and oxygen atoms in total. The van der Waals surface area contributed by atoms with Crippen molar-refractivity contribution in [3.8, 4) is 0 Å². The summed E-state index contributed by atoms with van der Waals surface area (Å²) in [6.07, 6.45) is -0.164. The summed E-state index contributed by atoms with van der Waals surface area (Å²) in [7, 11) is -3.37. The summed E-state index contributed by atoms with van der Waals surface area (Å²) in [4.78, 5) is 22.8. The van der Waals surface area contributed by atoms with E-state index in [0.29, 0.717) is 0 Å². The maximum Gasteiger partial charge on any atom is 0.275 e. The molecule has 1 saturated carbocycles. The topological polar surface area (TPSA) is 141 Å². The van der Waals surface area contributed by atoms with E-state index in [2.05, 4.69) is 25.5 Å². The Labute approximate surface area is 203 Å². The predicted octanol–water partition coefficient (Wildman–Crippen LogP) is 1.90. The second-order valence-electron chi connectivity index (χ2n) is 9.23. The molecule has 3 heterocycles. The SMILES string of the molecule is CS(=O)(=O)[C@H]1C[C@H](Nc2ncnc3[nH]nc(C(=O)N4C[C@@H](F)C[C@@H]4c4cc(F)ccc4F)c23)[C@@H](O)C1. The Morgan fingerprint density at radius 1 is 1.22 bits per heavy atom. The molecule has 0 unspecified atom stereocenters. The van der Waals surface area contributed by atoms with Crippen LogP contribution in [0.5, 0.6) is 0 Å². The van der Waals surface area contributed by atoms with Crippen LogP contribution in [0.3, 0.4) is 0 Å². The lowest BCUT2D eigenvalue weighted by Crippen LogP contribution is -2.32. The number of fused-ring (bicyclic) bond motifs is 1. The van der Waals surface area contributed by atoms with Crippen molar-refractivity contribution < 1.29 is 31.5 Å². The van der Waals surface area contributed by atoms with Crippen LogP contribution < -0.4 is 5.32 Å². The number of halogens is 3. The molecule has 2 fully saturated rings. The average molecular weight is 525 g/mol. The number of carbonyl (C=O) groups is 1. The summed E-state index contributed by atoms with van der Waals surface area (Å²) < 4.78 is 66.6. The second kappa shape index (κ2) is 9.00. The molecule has 3 N–H and O–H groups in total. The smallest absolute Gasteiger partial charge is 0.275 e. The van der Waals surface area contributed by atoms with Gasteiger partial charge in [-0.05, 0) is 31.0 Å². The van der Waals surface area contributed by atoms with Crippen molar-refractivity contribution in [1.82, 2.24) is 25.1 Å². The first kappa shape index (κ1) is 24.4. The van der Waals surface area contributed by atoms with Crippen LogP contribution in [0.15, 0.2) is 24.5 Å². The summed E-state index contributed by atoms with van der Waals surface area (Å²) in [6.45, 7) is -0.346. The van der Waals surface area contributed by atoms with Gasteiger partial charge in [-0.3, -0.25) is 9.89 Å². The van der Waals surface area contributed by atoms with E-state index >= 15 is 0 Å². The number of benzene rings is 1. The molecule has 192 valence electrons. The van der Waals surface area contributed by atoms with Crippen LogP contribution >= 0.6 is 0 Å². The van der Waals surface area contributed by atoms with Crippen LogP contribution in [0.2, 0.25) is 0 Å². The van der Waals surface area contributed by atoms with E-state index in [1.807, 2.05) is 0 Å². The van der Waals surface area contributed by atoms with Crippen molar-refractivity contribution in [3.63, 3.8) is 0 Å². The van der Waals surface area contributed by atoms with Gasteiger partial charge in [-0.25, -0.2) is 31.6 Å². The standard InChI is InChI=1S/C22H23F3N6O4S/c1-36(34,35)12-6-15(17(32)7-12)28-20-18-19(29-30-21(18)27-9-26-20)22(33)31-8-11(24)5-16(31)13-4-10(23)2-3-14(13)25/h2-4,9,11-12,15-17,32H,5-8H2,1H3,(H2,26,27,28,29,30)/t11-,12-,15-,16+,17-/m0/s1. The summed E-state index contributed by atoms with van der Waals surface area (Å²) in [6, 6.07) is 1.08. The van der Waals surface area contributed by atoms with E-state index in [0.717, 1.165) is 29.4 Å². The highest BCUT2D eigenvalue weighted by atomic mass is 32.2. The fourth-order valence-corrected chi connectivity index (χ4v) is 6.09. The molecule has 3 aromatic rings. The number of hydrogen-bond acceptors (Lipinski definition) is 8. The number of aromatic nitrogens is 4. The summed E-state index contributed by atoms with van der Waals surface area (Å²) >= 11 is 0. The Hall–Kier alpha value is -3.26. The van der Waals surface area contributed by atoms with E-state index in [1.54, 1.807) is 0 Å². The quantitative estimate of drug-likeness (QED) is 0.460. The number of nitrogens with one attached hydrogen (secondary N) is 2. The summed E-state index contributed by atoms with van der Waals surface area (Å²) in [5.74, 6) is -2.09. The minimum atomic E-state index is -3.37. The Balaban J connectivity index is 1.48. The third kappa shape index (κ3) is 4.39. The van der Waals surface area contributed by atoms with Crippen molar-refractivity contribution in [2.45, 2.75) is 48.9 Å². The molecule has 0 bridgehead atoms. The first-order valence-electron chi connectivity index (χ1n) is 11.3. The zero-order valence-corrected chi connectivity index (χ0v) is 19.8. The Bertz CT molecular complexity index is 1430. The average Bonchev–Trinajstić information content (AvgIpc) is 3.52. The Kier molecular flexibility index (Phi) is 6.11. The number of aliphatic hydroxyl groups excluding tert-OH is 1. The molecule has 5 rings (SSSR count). The molecule has 1 aliphatic heterocycles. The number of nitrogens with zero attached hydrogens (tertiary/aromatic N) is 4. The number of carbonyl (C=O) groups excluding carboxylic acids is 1. The largest absolute Gasteiger partial charge is 0.391 e. The zero-order valence-electron chi connectivity index (χ0n) is 19.0. The third-order valence-electron chi connectivity index (χ3n) is 6.80. The van der Waals surface area contributed by atoms with Gasteiger partial charge in [0.2, 0.25) is 0 Å². The Morgan fingerprint density at radius 3 is 2.72 bits per heavy atom. The molecular formula is C22H23F3N6O4S. The number of hydrogen-bond donors (Lipinski definition) is 3. The van der Waals surface area contributed by atoms with Gasteiger partial charge in [-0.1, -0.05) is 0 Å². The highest BCUT2D eigenvalue weighted by Gasteiger charge is 2.41. The fraction of sp³-hybridized carbons (Fsp3) is 0.455. The maximum atomic E-state index is 14.5. The van der Waals surface area contributed by atoms with Gasteiger partial charge < -0.3 is 15.3 Å². The minimum Gasteiger partial charge on any atom is -0.391 e. The normalized spacial score (nSPS) is 26.6. The zero-order chi connectivity index (χ0) is 25.8. The number of amides is 1. The van der Waals surface area contributed by atoms with Crippen LogP contribution in [0.25, 0.3) is 11.0 Å². The van der Waals surface area contributed by atoms with Gasteiger partial charge in [0.15, 0.2) is 11.3 Å². The van der Waals surface area contributed by atoms with Crippen molar-refractivity contribution in [3.05, 3.63) is 47.4 Å². The van der Waals surface area contributed by atoms with E-state index < -0.39 is 57.0 Å². The van der Waals surface area contributed by atoms with Gasteiger partial charge >= 0.3 is 0 Å². The molecule has 5 atom stereocenters. The first-order chi connectivity index (χ1) is 17.0. The van der Waals surface area contributed by atoms with Gasteiger partial charge in [0, 0.05) is 18.2 Å². The lowest BCUT2D eigenvalue weighted by molar-refractivity contribution is 0.0722. The number of anilines is 1.